The van der Waals surface area contributed by atoms with E-state index in [1.807, 2.05) is 4.90 Å². The molecule has 0 saturated carbocycles. The lowest BCUT2D eigenvalue weighted by molar-refractivity contribution is -0.137. The smallest absolute Gasteiger partial charge is 0.228 e. The Balaban J connectivity index is 1.65. The van der Waals surface area contributed by atoms with Gasteiger partial charge in [-0.25, -0.2) is 0 Å². The number of hydrogen-bond donors (Lipinski definition) is 1. The number of rotatable bonds is 3. The summed E-state index contributed by atoms with van der Waals surface area (Å²) in [7, 11) is 0. The van der Waals surface area contributed by atoms with Crippen LogP contribution in [0, 0.1) is 11.8 Å². The number of anilines is 2. The summed E-state index contributed by atoms with van der Waals surface area (Å²) in [4.78, 5) is 39.8. The summed E-state index contributed by atoms with van der Waals surface area (Å²) >= 11 is 0. The van der Waals surface area contributed by atoms with E-state index < -0.39 is 0 Å². The number of hydrogen-bond acceptors (Lipinski definition) is 3. The number of benzene rings is 1. The van der Waals surface area contributed by atoms with E-state index in [-0.39, 0.29) is 30.1 Å². The van der Waals surface area contributed by atoms with Crippen LogP contribution < -0.4 is 10.2 Å². The zero-order chi connectivity index (χ0) is 18.0. The lowest BCUT2D eigenvalue weighted by Gasteiger charge is -2.32. The van der Waals surface area contributed by atoms with E-state index >= 15 is 0 Å². The summed E-state index contributed by atoms with van der Waals surface area (Å²) in [6.07, 6.45) is 2.49. The van der Waals surface area contributed by atoms with E-state index in [9.17, 15) is 14.4 Å². The van der Waals surface area contributed by atoms with Gasteiger partial charge in [0.2, 0.25) is 17.7 Å². The number of carbonyl (C=O) groups excluding carboxylic acids is 3. The van der Waals surface area contributed by atoms with Crippen LogP contribution in [0.4, 0.5) is 11.4 Å². The molecule has 134 valence electrons. The second kappa shape index (κ2) is 7.25. The fourth-order valence-electron chi connectivity index (χ4n) is 3.70. The van der Waals surface area contributed by atoms with Crippen molar-refractivity contribution >= 4 is 29.1 Å². The van der Waals surface area contributed by atoms with E-state index in [4.69, 9.17) is 0 Å². The minimum absolute atomic E-state index is 0.0179. The van der Waals surface area contributed by atoms with Crippen molar-refractivity contribution in [3.8, 4) is 0 Å². The van der Waals surface area contributed by atoms with E-state index in [0.717, 1.165) is 25.2 Å². The highest BCUT2D eigenvalue weighted by molar-refractivity contribution is 6.00. The van der Waals surface area contributed by atoms with Crippen LogP contribution >= 0.6 is 0 Å². The molecule has 2 heterocycles. The largest absolute Gasteiger partial charge is 0.342 e. The number of piperidine rings is 1. The zero-order valence-corrected chi connectivity index (χ0v) is 14.8. The van der Waals surface area contributed by atoms with Gasteiger partial charge in [-0.2, -0.15) is 0 Å². The summed E-state index contributed by atoms with van der Waals surface area (Å²) in [6, 6.07) is 7.15. The summed E-state index contributed by atoms with van der Waals surface area (Å²) in [5.41, 5.74) is 1.46. The number of nitrogens with zero attached hydrogens (tertiary/aromatic N) is 2. The average Bonchev–Trinajstić information content (AvgIpc) is 2.96. The van der Waals surface area contributed by atoms with Crippen molar-refractivity contribution in [2.24, 2.45) is 11.8 Å². The van der Waals surface area contributed by atoms with Crippen molar-refractivity contribution in [2.75, 3.05) is 29.9 Å². The normalized spacial score (nSPS) is 23.7. The van der Waals surface area contributed by atoms with Gasteiger partial charge in [-0.05, 0) is 43.0 Å². The van der Waals surface area contributed by atoms with Gasteiger partial charge in [-0.15, -0.1) is 0 Å². The van der Waals surface area contributed by atoms with Gasteiger partial charge < -0.3 is 15.1 Å². The molecule has 0 aliphatic carbocycles. The summed E-state index contributed by atoms with van der Waals surface area (Å²) in [6.45, 7) is 5.66. The van der Waals surface area contributed by atoms with Gasteiger partial charge in [0, 0.05) is 44.4 Å². The van der Waals surface area contributed by atoms with Crippen LogP contribution in [-0.4, -0.2) is 42.3 Å². The summed E-state index contributed by atoms with van der Waals surface area (Å²) in [5, 5.41) is 2.70. The minimum Gasteiger partial charge on any atom is -0.342 e. The maximum Gasteiger partial charge on any atom is 0.228 e. The SMILES string of the molecule is CC(=O)Nc1ccc(N2C[C@@H](C(=O)N3CCC[C@H](C)C3)CC2=O)cc1. The number of carbonyl (C=O) groups is 3. The molecule has 1 N–H and O–H groups in total. The van der Waals surface area contributed by atoms with Crippen LogP contribution in [0.15, 0.2) is 24.3 Å². The number of amides is 3. The van der Waals surface area contributed by atoms with Crippen molar-refractivity contribution in [2.45, 2.75) is 33.1 Å². The lowest BCUT2D eigenvalue weighted by atomic mass is 9.98. The molecular weight excluding hydrogens is 318 g/mol. The first kappa shape index (κ1) is 17.5. The summed E-state index contributed by atoms with van der Waals surface area (Å²) in [5.74, 6) is 0.236. The molecule has 2 aliphatic rings. The molecule has 1 aromatic carbocycles. The third-order valence-corrected chi connectivity index (χ3v) is 4.94. The molecule has 3 amide bonds. The molecule has 3 rings (SSSR count). The van der Waals surface area contributed by atoms with Crippen molar-refractivity contribution in [3.63, 3.8) is 0 Å². The second-order valence-electron chi connectivity index (χ2n) is 7.17. The average molecular weight is 343 g/mol. The third-order valence-electron chi connectivity index (χ3n) is 4.94. The quantitative estimate of drug-likeness (QED) is 0.915. The Morgan fingerprint density at radius 2 is 1.88 bits per heavy atom. The molecule has 1 aromatic rings. The Labute approximate surface area is 148 Å². The van der Waals surface area contributed by atoms with E-state index in [1.54, 1.807) is 29.2 Å². The van der Waals surface area contributed by atoms with Crippen molar-refractivity contribution in [1.29, 1.82) is 0 Å². The highest BCUT2D eigenvalue weighted by atomic mass is 16.2. The molecule has 2 atom stereocenters. The first-order valence-corrected chi connectivity index (χ1v) is 8.91. The molecule has 6 heteroatoms. The van der Waals surface area contributed by atoms with Gasteiger partial charge in [-0.3, -0.25) is 14.4 Å². The van der Waals surface area contributed by atoms with E-state index in [0.29, 0.717) is 18.2 Å². The van der Waals surface area contributed by atoms with Crippen LogP contribution in [0.1, 0.15) is 33.1 Å². The maximum atomic E-state index is 12.7. The number of likely N-dealkylation sites (tertiary alicyclic amines) is 1. The number of nitrogens with one attached hydrogen (secondary N) is 1. The molecule has 0 bridgehead atoms. The Morgan fingerprint density at radius 3 is 2.52 bits per heavy atom. The van der Waals surface area contributed by atoms with Crippen LogP contribution in [0.25, 0.3) is 0 Å². The van der Waals surface area contributed by atoms with Crippen LogP contribution in [0.2, 0.25) is 0 Å². The topological polar surface area (TPSA) is 69.7 Å². The maximum absolute atomic E-state index is 12.7. The Hall–Kier alpha value is -2.37. The van der Waals surface area contributed by atoms with Crippen LogP contribution in [0.3, 0.4) is 0 Å². The molecule has 25 heavy (non-hydrogen) atoms. The molecule has 0 radical (unpaired) electrons. The van der Waals surface area contributed by atoms with Crippen molar-refractivity contribution in [1.82, 2.24) is 4.90 Å². The molecule has 0 aromatic heterocycles. The molecular formula is C19H25N3O3. The lowest BCUT2D eigenvalue weighted by Crippen LogP contribution is -2.43. The van der Waals surface area contributed by atoms with E-state index in [1.165, 1.54) is 13.3 Å². The third kappa shape index (κ3) is 4.00. The minimum atomic E-state index is -0.257. The van der Waals surface area contributed by atoms with Gasteiger partial charge in [0.05, 0.1) is 5.92 Å². The molecule has 0 spiro atoms. The molecule has 2 saturated heterocycles. The zero-order valence-electron chi connectivity index (χ0n) is 14.8. The predicted octanol–water partition coefficient (Wildman–Crippen LogP) is 2.26. The molecule has 6 nitrogen and oxygen atoms in total. The van der Waals surface area contributed by atoms with Gasteiger partial charge >= 0.3 is 0 Å². The molecule has 0 unspecified atom stereocenters. The van der Waals surface area contributed by atoms with Gasteiger partial charge in [0.25, 0.3) is 0 Å². The fraction of sp³-hybridized carbons (Fsp3) is 0.526. The highest BCUT2D eigenvalue weighted by Gasteiger charge is 2.37. The standard InChI is InChI=1S/C19H25N3O3/c1-13-4-3-9-21(11-13)19(25)15-10-18(24)22(12-15)17-7-5-16(6-8-17)20-14(2)23/h5-8,13,15H,3-4,9-12H2,1-2H3,(H,20,23)/t13-,15-/m0/s1. The van der Waals surface area contributed by atoms with Crippen molar-refractivity contribution < 1.29 is 14.4 Å². The monoisotopic (exact) mass is 343 g/mol. The highest BCUT2D eigenvalue weighted by Crippen LogP contribution is 2.28. The van der Waals surface area contributed by atoms with Crippen LogP contribution in [0.5, 0.6) is 0 Å². The van der Waals surface area contributed by atoms with Crippen LogP contribution in [-0.2, 0) is 14.4 Å². The fourth-order valence-corrected chi connectivity index (χ4v) is 3.70. The Kier molecular flexibility index (Phi) is 5.06. The first-order valence-electron chi connectivity index (χ1n) is 8.91. The van der Waals surface area contributed by atoms with Crippen molar-refractivity contribution in [3.05, 3.63) is 24.3 Å². The summed E-state index contributed by atoms with van der Waals surface area (Å²) < 4.78 is 0. The molecule has 2 aliphatic heterocycles. The van der Waals surface area contributed by atoms with Gasteiger partial charge in [-0.1, -0.05) is 6.92 Å². The second-order valence-corrected chi connectivity index (χ2v) is 7.17. The molecule has 2 fully saturated rings. The predicted molar refractivity (Wildman–Crippen MR) is 96.2 cm³/mol. The van der Waals surface area contributed by atoms with Gasteiger partial charge in [0.15, 0.2) is 0 Å². The first-order chi connectivity index (χ1) is 11.9. The Morgan fingerprint density at radius 1 is 1.16 bits per heavy atom. The van der Waals surface area contributed by atoms with Gasteiger partial charge in [0.1, 0.15) is 0 Å². The van der Waals surface area contributed by atoms with E-state index in [2.05, 4.69) is 12.2 Å². The Bertz CT molecular complexity index is 671.